The van der Waals surface area contributed by atoms with Crippen LogP contribution in [0.1, 0.15) is 41.6 Å². The minimum atomic E-state index is -0.623. The van der Waals surface area contributed by atoms with Gasteiger partial charge < -0.3 is 15.4 Å². The van der Waals surface area contributed by atoms with Crippen LogP contribution in [0.25, 0.3) is 5.57 Å². The lowest BCUT2D eigenvalue weighted by Crippen LogP contribution is -2.48. The second-order valence-corrected chi connectivity index (χ2v) is 7.43. The Morgan fingerprint density at radius 2 is 2.04 bits per heavy atom. The Labute approximate surface area is 147 Å². The van der Waals surface area contributed by atoms with Crippen molar-refractivity contribution >= 4 is 17.4 Å². The molecular formula is C20H24N2O3. The summed E-state index contributed by atoms with van der Waals surface area (Å²) in [6.45, 7) is 1.97. The minimum absolute atomic E-state index is 0.00520. The quantitative estimate of drug-likeness (QED) is 0.917. The molecule has 3 aliphatic rings. The number of fused-ring (bicyclic) bond motifs is 1. The molecule has 5 nitrogen and oxygen atoms in total. The van der Waals surface area contributed by atoms with Crippen LogP contribution in [0.2, 0.25) is 0 Å². The summed E-state index contributed by atoms with van der Waals surface area (Å²) in [4.78, 5) is 26.8. The number of hydrogen-bond donors (Lipinski definition) is 1. The number of likely N-dealkylation sites (tertiary alicyclic amines) is 1. The van der Waals surface area contributed by atoms with E-state index in [0.29, 0.717) is 38.3 Å². The van der Waals surface area contributed by atoms with E-state index in [-0.39, 0.29) is 17.7 Å². The van der Waals surface area contributed by atoms with Crippen LogP contribution < -0.4 is 5.73 Å². The molecule has 2 N–H and O–H groups in total. The van der Waals surface area contributed by atoms with Gasteiger partial charge in [0.25, 0.3) is 5.91 Å². The highest BCUT2D eigenvalue weighted by atomic mass is 16.5. The monoisotopic (exact) mass is 340 g/mol. The summed E-state index contributed by atoms with van der Waals surface area (Å²) < 4.78 is 5.51. The van der Waals surface area contributed by atoms with Crippen LogP contribution in [0, 0.1) is 11.3 Å². The van der Waals surface area contributed by atoms with Gasteiger partial charge in [0.05, 0.1) is 12.0 Å². The highest BCUT2D eigenvalue weighted by Gasteiger charge is 2.53. The van der Waals surface area contributed by atoms with Crippen molar-refractivity contribution in [2.75, 3.05) is 26.3 Å². The Morgan fingerprint density at radius 3 is 2.68 bits per heavy atom. The van der Waals surface area contributed by atoms with Crippen LogP contribution in [0.3, 0.4) is 0 Å². The number of ether oxygens (including phenoxy) is 1. The number of primary amides is 1. The molecule has 0 radical (unpaired) electrons. The molecular weight excluding hydrogens is 316 g/mol. The number of amides is 2. The minimum Gasteiger partial charge on any atom is -0.381 e. The topological polar surface area (TPSA) is 72.6 Å². The molecule has 1 aliphatic carbocycles. The standard InChI is InChI=1S/C20H24N2O3/c21-19(24)20-9-10-25-12-17(20)11-22(13-20)18(23)16-7-5-15(6-8-16)14-3-1-2-4-14/h3,5-8,17H,1-2,4,9-13H2,(H2,21,24)/t17-,20+/m1/s1. The fraction of sp³-hybridized carbons (Fsp3) is 0.500. The molecule has 5 heteroatoms. The van der Waals surface area contributed by atoms with E-state index in [2.05, 4.69) is 6.08 Å². The summed E-state index contributed by atoms with van der Waals surface area (Å²) in [7, 11) is 0. The fourth-order valence-corrected chi connectivity index (χ4v) is 4.45. The van der Waals surface area contributed by atoms with E-state index in [1.54, 1.807) is 4.90 Å². The molecule has 2 heterocycles. The predicted molar refractivity (Wildman–Crippen MR) is 94.7 cm³/mol. The highest BCUT2D eigenvalue weighted by Crippen LogP contribution is 2.42. The Balaban J connectivity index is 1.52. The number of hydrogen-bond acceptors (Lipinski definition) is 3. The molecule has 2 aliphatic heterocycles. The number of benzene rings is 1. The Bertz CT molecular complexity index is 725. The third-order valence-electron chi connectivity index (χ3n) is 6.03. The van der Waals surface area contributed by atoms with Gasteiger partial charge >= 0.3 is 0 Å². The van der Waals surface area contributed by atoms with Crippen LogP contribution in [0.4, 0.5) is 0 Å². The zero-order valence-corrected chi connectivity index (χ0v) is 14.4. The van der Waals surface area contributed by atoms with Gasteiger partial charge in [0, 0.05) is 31.2 Å². The average molecular weight is 340 g/mol. The molecule has 2 fully saturated rings. The van der Waals surface area contributed by atoms with Gasteiger partial charge in [-0.3, -0.25) is 9.59 Å². The molecule has 2 atom stereocenters. The molecule has 1 aromatic carbocycles. The van der Waals surface area contributed by atoms with E-state index in [4.69, 9.17) is 10.5 Å². The number of allylic oxidation sites excluding steroid dienone is 2. The SMILES string of the molecule is NC(=O)[C@]12CCOC[C@H]1CN(C(=O)c1ccc(C3=CCCC3)cc1)C2. The first-order chi connectivity index (χ1) is 12.1. The van der Waals surface area contributed by atoms with Crippen molar-refractivity contribution in [2.45, 2.75) is 25.7 Å². The van der Waals surface area contributed by atoms with Crippen molar-refractivity contribution in [1.29, 1.82) is 0 Å². The smallest absolute Gasteiger partial charge is 0.253 e. The third-order valence-corrected chi connectivity index (χ3v) is 6.03. The molecule has 2 saturated heterocycles. The largest absolute Gasteiger partial charge is 0.381 e. The van der Waals surface area contributed by atoms with Crippen LogP contribution >= 0.6 is 0 Å². The summed E-state index contributed by atoms with van der Waals surface area (Å²) in [5, 5.41) is 0. The molecule has 0 aromatic heterocycles. The number of rotatable bonds is 3. The number of nitrogens with zero attached hydrogens (tertiary/aromatic N) is 1. The van der Waals surface area contributed by atoms with Crippen molar-refractivity contribution < 1.29 is 14.3 Å². The van der Waals surface area contributed by atoms with Gasteiger partial charge in [-0.25, -0.2) is 0 Å². The van der Waals surface area contributed by atoms with Crippen LogP contribution in [-0.2, 0) is 9.53 Å². The van der Waals surface area contributed by atoms with Crippen molar-refractivity contribution in [3.8, 4) is 0 Å². The van der Waals surface area contributed by atoms with E-state index >= 15 is 0 Å². The lowest BCUT2D eigenvalue weighted by Gasteiger charge is -2.34. The molecule has 4 rings (SSSR count). The zero-order chi connectivity index (χ0) is 17.4. The maximum atomic E-state index is 12.9. The lowest BCUT2D eigenvalue weighted by atomic mass is 9.74. The van der Waals surface area contributed by atoms with Crippen LogP contribution in [-0.4, -0.2) is 43.0 Å². The first-order valence-electron chi connectivity index (χ1n) is 9.06. The van der Waals surface area contributed by atoms with Crippen molar-refractivity contribution in [3.05, 3.63) is 41.5 Å². The molecule has 132 valence electrons. The zero-order valence-electron chi connectivity index (χ0n) is 14.4. The summed E-state index contributed by atoms with van der Waals surface area (Å²) in [6, 6.07) is 7.85. The Morgan fingerprint density at radius 1 is 1.24 bits per heavy atom. The summed E-state index contributed by atoms with van der Waals surface area (Å²) >= 11 is 0. The van der Waals surface area contributed by atoms with Gasteiger partial charge in [-0.15, -0.1) is 0 Å². The van der Waals surface area contributed by atoms with Gasteiger partial charge in [0.15, 0.2) is 0 Å². The molecule has 25 heavy (non-hydrogen) atoms. The van der Waals surface area contributed by atoms with E-state index in [0.717, 1.165) is 12.8 Å². The van der Waals surface area contributed by atoms with Crippen molar-refractivity contribution in [3.63, 3.8) is 0 Å². The molecule has 0 saturated carbocycles. The number of carbonyl (C=O) groups is 2. The van der Waals surface area contributed by atoms with E-state index in [1.807, 2.05) is 24.3 Å². The normalized spacial score (nSPS) is 28.6. The molecule has 0 unspecified atom stereocenters. The van der Waals surface area contributed by atoms with Crippen molar-refractivity contribution in [1.82, 2.24) is 4.90 Å². The maximum absolute atomic E-state index is 12.9. The first-order valence-corrected chi connectivity index (χ1v) is 9.06. The van der Waals surface area contributed by atoms with E-state index < -0.39 is 5.41 Å². The summed E-state index contributed by atoms with van der Waals surface area (Å²) in [5.74, 6) is -0.327. The summed E-state index contributed by atoms with van der Waals surface area (Å²) in [5.41, 5.74) is 8.31. The first kappa shape index (κ1) is 16.3. The van der Waals surface area contributed by atoms with Crippen LogP contribution in [0.15, 0.2) is 30.3 Å². The van der Waals surface area contributed by atoms with Crippen LogP contribution in [0.5, 0.6) is 0 Å². The lowest BCUT2D eigenvalue weighted by molar-refractivity contribution is -0.135. The fourth-order valence-electron chi connectivity index (χ4n) is 4.45. The van der Waals surface area contributed by atoms with Gasteiger partial charge in [0.1, 0.15) is 0 Å². The molecule has 1 aromatic rings. The average Bonchev–Trinajstić information content (AvgIpc) is 3.29. The van der Waals surface area contributed by atoms with Gasteiger partial charge in [-0.2, -0.15) is 0 Å². The van der Waals surface area contributed by atoms with E-state index in [9.17, 15) is 9.59 Å². The molecule has 0 spiro atoms. The second kappa shape index (κ2) is 6.30. The van der Waals surface area contributed by atoms with E-state index in [1.165, 1.54) is 17.6 Å². The number of nitrogens with two attached hydrogens (primary N) is 1. The predicted octanol–water partition coefficient (Wildman–Crippen LogP) is 2.22. The Hall–Kier alpha value is -2.14. The van der Waals surface area contributed by atoms with Gasteiger partial charge in [-0.1, -0.05) is 18.2 Å². The van der Waals surface area contributed by atoms with Gasteiger partial charge in [-0.05, 0) is 49.0 Å². The van der Waals surface area contributed by atoms with Crippen molar-refractivity contribution in [2.24, 2.45) is 17.1 Å². The third kappa shape index (κ3) is 2.76. The molecule has 0 bridgehead atoms. The second-order valence-electron chi connectivity index (χ2n) is 7.43. The number of carbonyl (C=O) groups excluding carboxylic acids is 2. The maximum Gasteiger partial charge on any atom is 0.253 e. The molecule has 2 amide bonds. The van der Waals surface area contributed by atoms with Gasteiger partial charge in [0.2, 0.25) is 5.91 Å². The summed E-state index contributed by atoms with van der Waals surface area (Å²) in [6.07, 6.45) is 6.34. The highest BCUT2D eigenvalue weighted by molar-refractivity contribution is 5.95. The Kier molecular flexibility index (Phi) is 4.12.